The van der Waals surface area contributed by atoms with Crippen molar-refractivity contribution in [2.24, 2.45) is 11.7 Å². The van der Waals surface area contributed by atoms with Crippen molar-refractivity contribution >= 4 is 15.7 Å². The topological polar surface area (TPSA) is 107 Å². The van der Waals surface area contributed by atoms with E-state index in [2.05, 4.69) is 0 Å². The maximum Gasteiger partial charge on any atom is 0.270 e. The van der Waals surface area contributed by atoms with E-state index in [0.717, 1.165) is 6.07 Å². The Kier molecular flexibility index (Phi) is 6.25. The van der Waals surface area contributed by atoms with E-state index in [9.17, 15) is 18.5 Å². The van der Waals surface area contributed by atoms with Crippen LogP contribution in [0.2, 0.25) is 0 Å². The molecule has 0 aromatic heterocycles. The molecule has 0 aliphatic heterocycles. The summed E-state index contributed by atoms with van der Waals surface area (Å²) in [6.45, 7) is 4.88. The lowest BCUT2D eigenvalue weighted by Gasteiger charge is -2.23. The summed E-state index contributed by atoms with van der Waals surface area (Å²) in [4.78, 5) is 10.1. The molecule has 2 N–H and O–H groups in total. The van der Waals surface area contributed by atoms with E-state index in [-0.39, 0.29) is 16.5 Å². The van der Waals surface area contributed by atoms with Crippen molar-refractivity contribution in [3.63, 3.8) is 0 Å². The molecule has 1 rings (SSSR count). The van der Waals surface area contributed by atoms with Crippen LogP contribution in [-0.2, 0) is 10.0 Å². The van der Waals surface area contributed by atoms with Crippen LogP contribution in [0.4, 0.5) is 5.69 Å². The van der Waals surface area contributed by atoms with Crippen LogP contribution in [-0.4, -0.2) is 37.3 Å². The Morgan fingerprint density at radius 3 is 2.57 bits per heavy atom. The van der Waals surface area contributed by atoms with E-state index >= 15 is 0 Å². The molecule has 0 atom stereocenters. The molecule has 0 radical (unpaired) electrons. The van der Waals surface area contributed by atoms with Gasteiger partial charge in [0.05, 0.1) is 9.82 Å². The molecule has 0 aliphatic rings. The van der Waals surface area contributed by atoms with Crippen molar-refractivity contribution in [3.05, 3.63) is 34.4 Å². The van der Waals surface area contributed by atoms with E-state index in [1.54, 1.807) is 0 Å². The van der Waals surface area contributed by atoms with Crippen LogP contribution in [0.3, 0.4) is 0 Å². The van der Waals surface area contributed by atoms with E-state index in [1.165, 1.54) is 22.5 Å². The lowest BCUT2D eigenvalue weighted by Crippen LogP contribution is -2.35. The Hall–Kier alpha value is -1.51. The second-order valence-corrected chi connectivity index (χ2v) is 7.09. The van der Waals surface area contributed by atoms with E-state index in [0.29, 0.717) is 26.1 Å². The second kappa shape index (κ2) is 7.48. The second-order valence-electron chi connectivity index (χ2n) is 5.15. The first-order valence-corrected chi connectivity index (χ1v) is 8.17. The van der Waals surface area contributed by atoms with Crippen LogP contribution in [0.1, 0.15) is 20.3 Å². The molecule has 7 nitrogen and oxygen atoms in total. The van der Waals surface area contributed by atoms with Crippen molar-refractivity contribution in [2.45, 2.75) is 25.2 Å². The van der Waals surface area contributed by atoms with Crippen LogP contribution in [0, 0.1) is 16.0 Å². The Bertz CT molecular complexity index is 587. The highest BCUT2D eigenvalue weighted by atomic mass is 32.2. The number of nitro benzene ring substituents is 1. The summed E-state index contributed by atoms with van der Waals surface area (Å²) in [7, 11) is -3.75. The Labute approximate surface area is 124 Å². The quantitative estimate of drug-likeness (QED) is 0.579. The molecule has 0 unspecified atom stereocenters. The molecule has 0 amide bonds. The predicted molar refractivity (Wildman–Crippen MR) is 80.4 cm³/mol. The summed E-state index contributed by atoms with van der Waals surface area (Å²) in [5, 5.41) is 10.8. The zero-order valence-corrected chi connectivity index (χ0v) is 13.0. The lowest BCUT2D eigenvalue weighted by molar-refractivity contribution is -0.385. The maximum absolute atomic E-state index is 12.6. The number of hydrogen-bond acceptors (Lipinski definition) is 5. The largest absolute Gasteiger partial charge is 0.330 e. The SMILES string of the molecule is CC(C)CN(CCCN)S(=O)(=O)c1cccc([N+](=O)[O-])c1. The first kappa shape index (κ1) is 17.5. The third-order valence-corrected chi connectivity index (χ3v) is 4.71. The Balaban J connectivity index is 3.15. The molecule has 0 fully saturated rings. The van der Waals surface area contributed by atoms with Crippen LogP contribution in [0.15, 0.2) is 29.2 Å². The molecule has 1 aromatic carbocycles. The number of nitro groups is 1. The van der Waals surface area contributed by atoms with E-state index in [4.69, 9.17) is 5.73 Å². The van der Waals surface area contributed by atoms with Gasteiger partial charge in [-0.05, 0) is 24.9 Å². The van der Waals surface area contributed by atoms with Gasteiger partial charge in [-0.25, -0.2) is 8.42 Å². The van der Waals surface area contributed by atoms with Gasteiger partial charge >= 0.3 is 0 Å². The number of non-ortho nitro benzene ring substituents is 1. The van der Waals surface area contributed by atoms with Gasteiger partial charge in [0, 0.05) is 25.2 Å². The molecule has 0 saturated heterocycles. The standard InChI is InChI=1S/C13H21N3O4S/c1-11(2)10-15(8-4-7-14)21(19,20)13-6-3-5-12(9-13)16(17)18/h3,5-6,9,11H,4,7-8,10,14H2,1-2H3. The minimum absolute atomic E-state index is 0.0608. The molecular formula is C13H21N3O4S. The molecular weight excluding hydrogens is 294 g/mol. The molecule has 8 heteroatoms. The predicted octanol–water partition coefficient (Wildman–Crippen LogP) is 1.59. The monoisotopic (exact) mass is 315 g/mol. The molecule has 0 spiro atoms. The maximum atomic E-state index is 12.6. The Morgan fingerprint density at radius 2 is 2.05 bits per heavy atom. The third-order valence-electron chi connectivity index (χ3n) is 2.85. The van der Waals surface area contributed by atoms with Crippen molar-refractivity contribution < 1.29 is 13.3 Å². The van der Waals surface area contributed by atoms with E-state index < -0.39 is 14.9 Å². The highest BCUT2D eigenvalue weighted by Gasteiger charge is 2.26. The number of rotatable bonds is 8. The van der Waals surface area contributed by atoms with Gasteiger partial charge in [0.15, 0.2) is 0 Å². The minimum atomic E-state index is -3.75. The van der Waals surface area contributed by atoms with Crippen LogP contribution in [0.5, 0.6) is 0 Å². The molecule has 0 bridgehead atoms. The van der Waals surface area contributed by atoms with Crippen LogP contribution in [0.25, 0.3) is 0 Å². The highest BCUT2D eigenvalue weighted by Crippen LogP contribution is 2.21. The van der Waals surface area contributed by atoms with Gasteiger partial charge in [0.2, 0.25) is 10.0 Å². The summed E-state index contributed by atoms with van der Waals surface area (Å²) in [5.41, 5.74) is 5.21. The van der Waals surface area contributed by atoms with Crippen molar-refractivity contribution in [3.8, 4) is 0 Å². The number of hydrogen-bond donors (Lipinski definition) is 1. The lowest BCUT2D eigenvalue weighted by atomic mass is 10.2. The highest BCUT2D eigenvalue weighted by molar-refractivity contribution is 7.89. The normalized spacial score (nSPS) is 12.0. The number of benzene rings is 1. The summed E-state index contributed by atoms with van der Waals surface area (Å²) >= 11 is 0. The average Bonchev–Trinajstić information content (AvgIpc) is 2.43. The molecule has 1 aromatic rings. The van der Waals surface area contributed by atoms with Gasteiger partial charge in [-0.2, -0.15) is 4.31 Å². The molecule has 118 valence electrons. The molecule has 21 heavy (non-hydrogen) atoms. The molecule has 0 aliphatic carbocycles. The van der Waals surface area contributed by atoms with Gasteiger partial charge in [-0.1, -0.05) is 19.9 Å². The first-order chi connectivity index (χ1) is 9.78. The molecule has 0 heterocycles. The third kappa shape index (κ3) is 4.76. The van der Waals surface area contributed by atoms with Crippen molar-refractivity contribution in [1.82, 2.24) is 4.31 Å². The van der Waals surface area contributed by atoms with Gasteiger partial charge in [0.25, 0.3) is 5.69 Å². The average molecular weight is 315 g/mol. The number of nitrogens with two attached hydrogens (primary N) is 1. The smallest absolute Gasteiger partial charge is 0.270 e. The number of sulfonamides is 1. The van der Waals surface area contributed by atoms with Crippen LogP contribution >= 0.6 is 0 Å². The Morgan fingerprint density at radius 1 is 1.38 bits per heavy atom. The van der Waals surface area contributed by atoms with Gasteiger partial charge in [0.1, 0.15) is 0 Å². The number of nitrogens with zero attached hydrogens (tertiary/aromatic N) is 2. The van der Waals surface area contributed by atoms with Crippen LogP contribution < -0.4 is 5.73 Å². The zero-order chi connectivity index (χ0) is 16.0. The molecule has 0 saturated carbocycles. The summed E-state index contributed by atoms with van der Waals surface area (Å²) in [6.07, 6.45) is 0.543. The first-order valence-electron chi connectivity index (χ1n) is 6.73. The fraction of sp³-hybridized carbons (Fsp3) is 0.538. The fourth-order valence-corrected chi connectivity index (χ4v) is 3.57. The summed E-state index contributed by atoms with van der Waals surface area (Å²) < 4.78 is 26.6. The summed E-state index contributed by atoms with van der Waals surface area (Å²) in [6, 6.07) is 5.11. The van der Waals surface area contributed by atoms with Gasteiger partial charge < -0.3 is 5.73 Å². The van der Waals surface area contributed by atoms with E-state index in [1.807, 2.05) is 13.8 Å². The fourth-order valence-electron chi connectivity index (χ4n) is 1.89. The van der Waals surface area contributed by atoms with Crippen molar-refractivity contribution in [2.75, 3.05) is 19.6 Å². The van der Waals surface area contributed by atoms with Gasteiger partial charge in [-0.15, -0.1) is 0 Å². The zero-order valence-electron chi connectivity index (χ0n) is 12.2. The minimum Gasteiger partial charge on any atom is -0.330 e. The summed E-state index contributed by atoms with van der Waals surface area (Å²) in [5.74, 6) is 0.149. The van der Waals surface area contributed by atoms with Gasteiger partial charge in [-0.3, -0.25) is 10.1 Å². The van der Waals surface area contributed by atoms with Crippen molar-refractivity contribution in [1.29, 1.82) is 0 Å².